The second-order valence-corrected chi connectivity index (χ2v) is 4.81. The SMILES string of the molecule is CCN1CCCC1c1nnc2cc(CN)ccn12. The van der Waals surface area contributed by atoms with Crippen LogP contribution >= 0.6 is 0 Å². The lowest BCUT2D eigenvalue weighted by molar-refractivity contribution is 0.261. The van der Waals surface area contributed by atoms with Crippen molar-refractivity contribution >= 4 is 5.65 Å². The number of nitrogens with zero attached hydrogens (tertiary/aromatic N) is 4. The van der Waals surface area contributed by atoms with Crippen molar-refractivity contribution in [2.24, 2.45) is 5.73 Å². The third-order valence-corrected chi connectivity index (χ3v) is 3.80. The van der Waals surface area contributed by atoms with Crippen LogP contribution in [-0.2, 0) is 6.54 Å². The van der Waals surface area contributed by atoms with Crippen LogP contribution in [0.1, 0.15) is 37.2 Å². The number of pyridine rings is 1. The summed E-state index contributed by atoms with van der Waals surface area (Å²) >= 11 is 0. The van der Waals surface area contributed by atoms with Gasteiger partial charge in [0.1, 0.15) is 0 Å². The van der Waals surface area contributed by atoms with E-state index in [-0.39, 0.29) is 0 Å². The molecule has 1 fully saturated rings. The number of hydrogen-bond acceptors (Lipinski definition) is 4. The van der Waals surface area contributed by atoms with Gasteiger partial charge in [-0.05, 0) is 43.6 Å². The number of fused-ring (bicyclic) bond motifs is 1. The van der Waals surface area contributed by atoms with E-state index in [0.29, 0.717) is 12.6 Å². The molecule has 96 valence electrons. The molecule has 1 aliphatic rings. The summed E-state index contributed by atoms with van der Waals surface area (Å²) in [6, 6.07) is 4.47. The van der Waals surface area contributed by atoms with Gasteiger partial charge in [0.05, 0.1) is 6.04 Å². The Labute approximate surface area is 107 Å². The van der Waals surface area contributed by atoms with E-state index in [0.717, 1.165) is 30.1 Å². The Morgan fingerprint density at radius 1 is 1.44 bits per heavy atom. The van der Waals surface area contributed by atoms with Crippen molar-refractivity contribution < 1.29 is 0 Å². The molecular weight excluding hydrogens is 226 g/mol. The standard InChI is InChI=1S/C13H19N5/c1-2-17-6-3-4-11(17)13-16-15-12-8-10(9-14)5-7-18(12)13/h5,7-8,11H,2-4,6,9,14H2,1H3. The first-order chi connectivity index (χ1) is 8.83. The Bertz CT molecular complexity index is 547. The molecule has 0 spiro atoms. The van der Waals surface area contributed by atoms with Gasteiger partial charge in [-0.15, -0.1) is 10.2 Å². The lowest BCUT2D eigenvalue weighted by Crippen LogP contribution is -2.24. The van der Waals surface area contributed by atoms with E-state index in [1.807, 2.05) is 18.3 Å². The molecule has 0 saturated carbocycles. The molecule has 1 unspecified atom stereocenters. The first-order valence-corrected chi connectivity index (χ1v) is 6.61. The van der Waals surface area contributed by atoms with Crippen molar-refractivity contribution in [2.45, 2.75) is 32.4 Å². The molecule has 0 aliphatic carbocycles. The molecule has 5 heteroatoms. The summed E-state index contributed by atoms with van der Waals surface area (Å²) in [6.45, 7) is 4.98. The first-order valence-electron chi connectivity index (χ1n) is 6.61. The van der Waals surface area contributed by atoms with E-state index >= 15 is 0 Å². The smallest absolute Gasteiger partial charge is 0.161 e. The molecule has 0 radical (unpaired) electrons. The van der Waals surface area contributed by atoms with Gasteiger partial charge in [0.2, 0.25) is 0 Å². The number of aromatic nitrogens is 3. The fourth-order valence-electron chi connectivity index (χ4n) is 2.80. The highest BCUT2D eigenvalue weighted by atomic mass is 15.3. The molecule has 3 heterocycles. The molecule has 18 heavy (non-hydrogen) atoms. The average molecular weight is 245 g/mol. The molecule has 0 bridgehead atoms. The largest absolute Gasteiger partial charge is 0.326 e. The molecule has 1 aliphatic heterocycles. The number of hydrogen-bond donors (Lipinski definition) is 1. The normalized spacial score (nSPS) is 20.9. The second-order valence-electron chi connectivity index (χ2n) is 4.81. The fraction of sp³-hybridized carbons (Fsp3) is 0.538. The van der Waals surface area contributed by atoms with Gasteiger partial charge in [-0.1, -0.05) is 6.92 Å². The van der Waals surface area contributed by atoms with E-state index in [1.165, 1.54) is 12.8 Å². The van der Waals surface area contributed by atoms with Crippen LogP contribution in [0, 0.1) is 0 Å². The number of nitrogens with two attached hydrogens (primary N) is 1. The summed E-state index contributed by atoms with van der Waals surface area (Å²) < 4.78 is 2.10. The quantitative estimate of drug-likeness (QED) is 0.886. The van der Waals surface area contributed by atoms with Crippen LogP contribution in [0.3, 0.4) is 0 Å². The van der Waals surface area contributed by atoms with Crippen LogP contribution in [0.15, 0.2) is 18.3 Å². The third kappa shape index (κ3) is 1.79. The summed E-state index contributed by atoms with van der Waals surface area (Å²) in [4.78, 5) is 2.47. The zero-order valence-corrected chi connectivity index (χ0v) is 10.7. The maximum Gasteiger partial charge on any atom is 0.161 e. The summed E-state index contributed by atoms with van der Waals surface area (Å²) in [7, 11) is 0. The molecule has 0 aromatic carbocycles. The van der Waals surface area contributed by atoms with Crippen molar-refractivity contribution in [2.75, 3.05) is 13.1 Å². The number of likely N-dealkylation sites (tertiary alicyclic amines) is 1. The monoisotopic (exact) mass is 245 g/mol. The van der Waals surface area contributed by atoms with Crippen LogP contribution < -0.4 is 5.73 Å². The topological polar surface area (TPSA) is 59.5 Å². The molecule has 0 amide bonds. The highest BCUT2D eigenvalue weighted by Gasteiger charge is 2.28. The minimum atomic E-state index is 0.411. The van der Waals surface area contributed by atoms with Gasteiger partial charge in [-0.25, -0.2) is 0 Å². The lowest BCUT2D eigenvalue weighted by Gasteiger charge is -2.20. The first kappa shape index (κ1) is 11.6. The summed E-state index contributed by atoms with van der Waals surface area (Å²) in [6.07, 6.45) is 4.46. The minimum absolute atomic E-state index is 0.411. The van der Waals surface area contributed by atoms with Gasteiger partial charge < -0.3 is 5.73 Å². The fourth-order valence-corrected chi connectivity index (χ4v) is 2.80. The summed E-state index contributed by atoms with van der Waals surface area (Å²) in [5.74, 6) is 1.06. The minimum Gasteiger partial charge on any atom is -0.326 e. The highest BCUT2D eigenvalue weighted by Crippen LogP contribution is 2.30. The molecule has 1 saturated heterocycles. The summed E-state index contributed by atoms with van der Waals surface area (Å²) in [5.41, 5.74) is 7.64. The van der Waals surface area contributed by atoms with Crippen molar-refractivity contribution in [3.63, 3.8) is 0 Å². The van der Waals surface area contributed by atoms with Crippen molar-refractivity contribution in [3.8, 4) is 0 Å². The van der Waals surface area contributed by atoms with Gasteiger partial charge in [0.15, 0.2) is 11.5 Å². The zero-order valence-electron chi connectivity index (χ0n) is 10.7. The van der Waals surface area contributed by atoms with Gasteiger partial charge in [0, 0.05) is 12.7 Å². The Balaban J connectivity index is 2.02. The Morgan fingerprint density at radius 2 is 2.33 bits per heavy atom. The Hall–Kier alpha value is -1.46. The van der Waals surface area contributed by atoms with E-state index in [1.54, 1.807) is 0 Å². The Kier molecular flexibility index (Phi) is 3.01. The van der Waals surface area contributed by atoms with Crippen LogP contribution in [0.5, 0.6) is 0 Å². The third-order valence-electron chi connectivity index (χ3n) is 3.80. The van der Waals surface area contributed by atoms with Crippen LogP contribution in [0.2, 0.25) is 0 Å². The average Bonchev–Trinajstić information content (AvgIpc) is 3.03. The molecule has 3 rings (SSSR count). The molecular formula is C13H19N5. The van der Waals surface area contributed by atoms with Crippen molar-refractivity contribution in [1.82, 2.24) is 19.5 Å². The molecule has 5 nitrogen and oxygen atoms in total. The van der Waals surface area contributed by atoms with Crippen molar-refractivity contribution in [1.29, 1.82) is 0 Å². The summed E-state index contributed by atoms with van der Waals surface area (Å²) in [5, 5.41) is 8.65. The Morgan fingerprint density at radius 3 is 3.11 bits per heavy atom. The predicted molar refractivity (Wildman–Crippen MR) is 70.1 cm³/mol. The van der Waals surface area contributed by atoms with E-state index in [9.17, 15) is 0 Å². The second kappa shape index (κ2) is 4.66. The highest BCUT2D eigenvalue weighted by molar-refractivity contribution is 5.41. The van der Waals surface area contributed by atoms with Crippen LogP contribution in [0.4, 0.5) is 0 Å². The van der Waals surface area contributed by atoms with E-state index < -0.39 is 0 Å². The maximum atomic E-state index is 5.65. The van der Waals surface area contributed by atoms with Gasteiger partial charge in [-0.3, -0.25) is 9.30 Å². The lowest BCUT2D eigenvalue weighted by atomic mass is 10.2. The van der Waals surface area contributed by atoms with Crippen molar-refractivity contribution in [3.05, 3.63) is 29.7 Å². The van der Waals surface area contributed by atoms with Gasteiger partial charge in [-0.2, -0.15) is 0 Å². The van der Waals surface area contributed by atoms with E-state index in [4.69, 9.17) is 5.73 Å². The zero-order chi connectivity index (χ0) is 12.5. The molecule has 1 atom stereocenters. The molecule has 2 aromatic rings. The van der Waals surface area contributed by atoms with Crippen LogP contribution in [0.25, 0.3) is 5.65 Å². The van der Waals surface area contributed by atoms with Gasteiger partial charge >= 0.3 is 0 Å². The molecule has 2 N–H and O–H groups in total. The van der Waals surface area contributed by atoms with Crippen LogP contribution in [-0.4, -0.2) is 32.6 Å². The van der Waals surface area contributed by atoms with Gasteiger partial charge in [0.25, 0.3) is 0 Å². The van der Waals surface area contributed by atoms with E-state index in [2.05, 4.69) is 26.4 Å². The maximum absolute atomic E-state index is 5.65. The molecule has 2 aromatic heterocycles. The number of rotatable bonds is 3. The predicted octanol–water partition coefficient (Wildman–Crippen LogP) is 1.34.